The van der Waals surface area contributed by atoms with E-state index in [1.165, 1.54) is 0 Å². The molecule has 3 aliphatic rings. The van der Waals surface area contributed by atoms with Crippen molar-refractivity contribution in [2.75, 3.05) is 25.2 Å². The monoisotopic (exact) mass is 507 g/mol. The lowest BCUT2D eigenvalue weighted by Crippen LogP contribution is -2.72. The van der Waals surface area contributed by atoms with Crippen LogP contribution in [0.3, 0.4) is 0 Å². The minimum absolute atomic E-state index is 0.0204. The molecule has 3 aliphatic heterocycles. The van der Waals surface area contributed by atoms with Gasteiger partial charge in [-0.2, -0.15) is 0 Å². The molecule has 2 bridgehead atoms. The number of fused-ring (bicyclic) bond motifs is 3. The molecule has 2 N–H and O–H groups in total. The molecule has 37 heavy (non-hydrogen) atoms. The number of aromatic nitrogens is 5. The molecule has 2 aromatic heterocycles. The maximum absolute atomic E-state index is 15.6. The summed E-state index contributed by atoms with van der Waals surface area (Å²) in [5.74, 6) is 1.62. The Morgan fingerprint density at radius 3 is 2.70 bits per heavy atom. The Labute approximate surface area is 214 Å². The van der Waals surface area contributed by atoms with Gasteiger partial charge in [-0.25, -0.2) is 9.37 Å². The number of piperidine rings is 2. The van der Waals surface area contributed by atoms with Crippen LogP contribution in [0.2, 0.25) is 0 Å². The summed E-state index contributed by atoms with van der Waals surface area (Å²) in [6, 6.07) is 6.46. The fourth-order valence-corrected chi connectivity index (χ4v) is 5.94. The summed E-state index contributed by atoms with van der Waals surface area (Å²) in [6.07, 6.45) is 4.06. The number of hydrogen-bond acceptors (Lipinski definition) is 10. The molecule has 4 atom stereocenters. The number of aromatic hydroxyl groups is 1. The second-order valence-electron chi connectivity index (χ2n) is 10.7. The predicted molar refractivity (Wildman–Crippen MR) is 134 cm³/mol. The van der Waals surface area contributed by atoms with Crippen molar-refractivity contribution in [3.05, 3.63) is 30.5 Å². The highest BCUT2D eigenvalue weighted by atomic mass is 19.1. The Kier molecular flexibility index (Phi) is 5.63. The third-order valence-corrected chi connectivity index (χ3v) is 7.87. The lowest BCUT2D eigenvalue weighted by Gasteiger charge is -2.56. The molecular weight excluding hydrogens is 477 g/mol. The first-order valence-corrected chi connectivity index (χ1v) is 12.6. The van der Waals surface area contributed by atoms with E-state index in [1.807, 2.05) is 18.9 Å². The Bertz CT molecular complexity index is 1330. The third-order valence-electron chi connectivity index (χ3n) is 7.87. The van der Waals surface area contributed by atoms with Crippen LogP contribution in [-0.4, -0.2) is 74.0 Å². The number of nitrogens with zero attached hydrogens (tertiary/aromatic N) is 6. The number of halogens is 1. The SMILES string of the molecule is CN(c1cnc(-c2ccc(-c3cc4c(nn3)OCCO4)cc2O)nn1)[C@H]1C[C@]2(C)CCC[C@@](C)(N2)[C@H]1F. The van der Waals surface area contributed by atoms with E-state index in [4.69, 9.17) is 9.47 Å². The number of anilines is 1. The fourth-order valence-electron chi connectivity index (χ4n) is 5.94. The van der Waals surface area contributed by atoms with Gasteiger partial charge in [0.1, 0.15) is 25.1 Å². The van der Waals surface area contributed by atoms with Crippen molar-refractivity contribution in [2.45, 2.75) is 62.8 Å². The molecule has 10 nitrogen and oxygen atoms in total. The van der Waals surface area contributed by atoms with E-state index in [1.54, 1.807) is 30.5 Å². The number of phenols is 1. The topological polar surface area (TPSA) is 118 Å². The van der Waals surface area contributed by atoms with Crippen molar-refractivity contribution in [3.63, 3.8) is 0 Å². The standard InChI is InChI=1S/C26H30FN7O3/c1-25-7-4-8-26(2,33-25)22(27)18(13-25)34(3)21-14-28-23(31-30-21)16-6-5-15(11-19(16)35)17-12-20-24(32-29-17)37-10-9-36-20/h5-6,11-12,14,18,22,33,35H,4,7-10,13H2,1-3H3/t18-,22-,25-,26+/m0/s1. The van der Waals surface area contributed by atoms with Crippen LogP contribution in [0.1, 0.15) is 39.5 Å². The molecule has 194 valence electrons. The highest BCUT2D eigenvalue weighted by Crippen LogP contribution is 2.43. The summed E-state index contributed by atoms with van der Waals surface area (Å²) in [7, 11) is 1.84. The molecule has 3 aromatic rings. The Balaban J connectivity index is 1.22. The highest BCUT2D eigenvalue weighted by molar-refractivity contribution is 5.72. The van der Waals surface area contributed by atoms with Crippen molar-refractivity contribution in [2.24, 2.45) is 0 Å². The van der Waals surface area contributed by atoms with E-state index in [-0.39, 0.29) is 23.2 Å². The van der Waals surface area contributed by atoms with Gasteiger partial charge in [0.05, 0.1) is 23.5 Å². The van der Waals surface area contributed by atoms with Crippen LogP contribution in [0.5, 0.6) is 17.4 Å². The number of phenolic OH excluding ortho intramolecular Hbond substituents is 1. The fraction of sp³-hybridized carbons (Fsp3) is 0.500. The van der Waals surface area contributed by atoms with Gasteiger partial charge in [-0.05, 0) is 51.7 Å². The first-order valence-electron chi connectivity index (χ1n) is 12.6. The first kappa shape index (κ1) is 23.8. The highest BCUT2D eigenvalue weighted by Gasteiger charge is 2.53. The summed E-state index contributed by atoms with van der Waals surface area (Å²) in [5.41, 5.74) is 0.958. The second kappa shape index (κ2) is 8.76. The lowest BCUT2D eigenvalue weighted by atomic mass is 9.68. The van der Waals surface area contributed by atoms with Gasteiger partial charge in [0, 0.05) is 29.8 Å². The van der Waals surface area contributed by atoms with Gasteiger partial charge in [0.25, 0.3) is 5.88 Å². The number of hydrogen-bond donors (Lipinski definition) is 2. The molecule has 5 heterocycles. The summed E-state index contributed by atoms with van der Waals surface area (Å²) in [4.78, 5) is 6.29. The van der Waals surface area contributed by atoms with E-state index in [0.717, 1.165) is 19.3 Å². The van der Waals surface area contributed by atoms with Crippen LogP contribution in [0, 0.1) is 0 Å². The minimum Gasteiger partial charge on any atom is -0.507 e. The van der Waals surface area contributed by atoms with E-state index < -0.39 is 11.7 Å². The van der Waals surface area contributed by atoms with Crippen LogP contribution in [0.4, 0.5) is 10.2 Å². The Hall–Kier alpha value is -3.60. The second-order valence-corrected chi connectivity index (χ2v) is 10.7. The quantitative estimate of drug-likeness (QED) is 0.544. The molecule has 6 rings (SSSR count). The molecule has 2 fully saturated rings. The van der Waals surface area contributed by atoms with Crippen LogP contribution < -0.4 is 19.7 Å². The zero-order chi connectivity index (χ0) is 25.8. The maximum atomic E-state index is 15.6. The van der Waals surface area contributed by atoms with Crippen molar-refractivity contribution >= 4 is 5.82 Å². The Morgan fingerprint density at radius 1 is 1.08 bits per heavy atom. The number of benzene rings is 1. The third kappa shape index (κ3) is 4.20. The van der Waals surface area contributed by atoms with Crippen molar-refractivity contribution < 1.29 is 19.0 Å². The summed E-state index contributed by atoms with van der Waals surface area (Å²) < 4.78 is 26.6. The zero-order valence-electron chi connectivity index (χ0n) is 21.1. The van der Waals surface area contributed by atoms with Gasteiger partial charge < -0.3 is 24.8 Å². The van der Waals surface area contributed by atoms with Gasteiger partial charge in [0.15, 0.2) is 17.4 Å². The number of nitrogens with one attached hydrogen (secondary N) is 1. The number of ether oxygens (including phenoxy) is 2. The van der Waals surface area contributed by atoms with Crippen molar-refractivity contribution in [1.29, 1.82) is 0 Å². The molecule has 0 radical (unpaired) electrons. The van der Waals surface area contributed by atoms with Gasteiger partial charge in [-0.3, -0.25) is 0 Å². The van der Waals surface area contributed by atoms with Crippen LogP contribution in [0.25, 0.3) is 22.6 Å². The average Bonchev–Trinajstić information content (AvgIpc) is 2.90. The zero-order valence-corrected chi connectivity index (χ0v) is 21.1. The van der Waals surface area contributed by atoms with Gasteiger partial charge in [0.2, 0.25) is 0 Å². The van der Waals surface area contributed by atoms with Gasteiger partial charge >= 0.3 is 0 Å². The van der Waals surface area contributed by atoms with E-state index >= 15 is 4.39 Å². The minimum atomic E-state index is -1.05. The molecule has 1 aromatic carbocycles. The maximum Gasteiger partial charge on any atom is 0.276 e. The summed E-state index contributed by atoms with van der Waals surface area (Å²) in [6.45, 7) is 5.03. The normalized spacial score (nSPS) is 28.5. The largest absolute Gasteiger partial charge is 0.507 e. The molecule has 2 saturated heterocycles. The smallest absolute Gasteiger partial charge is 0.276 e. The first-order chi connectivity index (χ1) is 17.7. The molecule has 0 saturated carbocycles. The van der Waals surface area contributed by atoms with Gasteiger partial charge in [-0.1, -0.05) is 6.07 Å². The van der Waals surface area contributed by atoms with Crippen LogP contribution >= 0.6 is 0 Å². The van der Waals surface area contributed by atoms with Crippen molar-refractivity contribution in [3.8, 4) is 40.0 Å². The summed E-state index contributed by atoms with van der Waals surface area (Å²) in [5, 5.41) is 31.1. The van der Waals surface area contributed by atoms with Gasteiger partial charge in [-0.15, -0.1) is 20.4 Å². The Morgan fingerprint density at radius 2 is 1.92 bits per heavy atom. The molecule has 0 aliphatic carbocycles. The van der Waals surface area contributed by atoms with Crippen molar-refractivity contribution in [1.82, 2.24) is 30.7 Å². The molecule has 0 amide bonds. The average molecular weight is 508 g/mol. The molecule has 0 spiro atoms. The molecular formula is C26H30FN7O3. The molecule has 0 unspecified atom stereocenters. The van der Waals surface area contributed by atoms with E-state index in [0.29, 0.717) is 53.9 Å². The van der Waals surface area contributed by atoms with E-state index in [2.05, 4.69) is 37.6 Å². The molecule has 11 heteroatoms. The number of alkyl halides is 1. The van der Waals surface area contributed by atoms with Crippen LogP contribution in [0.15, 0.2) is 30.5 Å². The number of rotatable bonds is 4. The summed E-state index contributed by atoms with van der Waals surface area (Å²) >= 11 is 0. The lowest BCUT2D eigenvalue weighted by molar-refractivity contribution is 0.00193. The van der Waals surface area contributed by atoms with Crippen LogP contribution in [-0.2, 0) is 0 Å². The van der Waals surface area contributed by atoms with E-state index in [9.17, 15) is 5.11 Å². The predicted octanol–water partition coefficient (Wildman–Crippen LogP) is 3.31.